The molecule has 0 saturated carbocycles. The number of nitrogens with zero attached hydrogens (tertiary/aromatic N) is 1. The number of benzene rings is 1. The van der Waals surface area contributed by atoms with Gasteiger partial charge in [0.05, 0.1) is 0 Å². The van der Waals surface area contributed by atoms with E-state index in [9.17, 15) is 10.2 Å². The molecule has 0 atom stereocenters. The third-order valence-corrected chi connectivity index (χ3v) is 1.76. The Labute approximate surface area is 74.5 Å². The zero-order valence-corrected chi connectivity index (χ0v) is 6.73. The van der Waals surface area contributed by atoms with Crippen molar-refractivity contribution in [3.8, 4) is 22.9 Å². The first kappa shape index (κ1) is 7.67. The van der Waals surface area contributed by atoms with Crippen LogP contribution in [0.3, 0.4) is 0 Å². The van der Waals surface area contributed by atoms with Gasteiger partial charge in [-0.2, -0.15) is 0 Å². The third kappa shape index (κ3) is 1.22. The number of hydrogen-bond donors (Lipinski definition) is 3. The highest BCUT2D eigenvalue weighted by molar-refractivity contribution is 5.70. The Morgan fingerprint density at radius 2 is 1.85 bits per heavy atom. The number of H-pyrrole nitrogens is 1. The SMILES string of the molecule is Oc1cccc(O)c1-c1ncc[nH]1. The molecule has 0 spiro atoms. The maximum atomic E-state index is 9.44. The van der Waals surface area contributed by atoms with E-state index in [0.29, 0.717) is 11.4 Å². The summed E-state index contributed by atoms with van der Waals surface area (Å²) in [5, 5.41) is 18.9. The van der Waals surface area contributed by atoms with Crippen molar-refractivity contribution in [2.24, 2.45) is 0 Å². The molecule has 0 radical (unpaired) electrons. The molecule has 66 valence electrons. The number of aromatic amines is 1. The van der Waals surface area contributed by atoms with E-state index in [1.54, 1.807) is 18.5 Å². The van der Waals surface area contributed by atoms with E-state index in [2.05, 4.69) is 9.97 Å². The maximum absolute atomic E-state index is 9.44. The molecule has 0 amide bonds. The minimum absolute atomic E-state index is 0.00921. The molecule has 3 N–H and O–H groups in total. The van der Waals surface area contributed by atoms with Gasteiger partial charge in [-0.25, -0.2) is 4.98 Å². The fourth-order valence-electron chi connectivity index (χ4n) is 1.17. The maximum Gasteiger partial charge on any atom is 0.144 e. The second kappa shape index (κ2) is 2.82. The van der Waals surface area contributed by atoms with Crippen LogP contribution in [0, 0.1) is 0 Å². The van der Waals surface area contributed by atoms with Gasteiger partial charge >= 0.3 is 0 Å². The lowest BCUT2D eigenvalue weighted by atomic mass is 10.1. The normalized spacial score (nSPS) is 10.2. The Kier molecular flexibility index (Phi) is 1.66. The smallest absolute Gasteiger partial charge is 0.144 e. The molecule has 0 bridgehead atoms. The van der Waals surface area contributed by atoms with Crippen LogP contribution in [-0.4, -0.2) is 20.2 Å². The molecule has 1 heterocycles. The molecule has 4 heteroatoms. The monoisotopic (exact) mass is 176 g/mol. The van der Waals surface area contributed by atoms with Gasteiger partial charge in [-0.3, -0.25) is 0 Å². The van der Waals surface area contributed by atoms with Crippen LogP contribution in [0.5, 0.6) is 11.5 Å². The van der Waals surface area contributed by atoms with Crippen LogP contribution in [0.1, 0.15) is 0 Å². The third-order valence-electron chi connectivity index (χ3n) is 1.76. The lowest BCUT2D eigenvalue weighted by molar-refractivity contribution is 0.453. The van der Waals surface area contributed by atoms with Crippen LogP contribution in [0.15, 0.2) is 30.6 Å². The van der Waals surface area contributed by atoms with Gasteiger partial charge in [-0.15, -0.1) is 0 Å². The molecule has 1 aromatic carbocycles. The fourth-order valence-corrected chi connectivity index (χ4v) is 1.17. The summed E-state index contributed by atoms with van der Waals surface area (Å²) in [4.78, 5) is 6.74. The van der Waals surface area contributed by atoms with Crippen molar-refractivity contribution in [3.63, 3.8) is 0 Å². The second-order valence-electron chi connectivity index (χ2n) is 2.61. The second-order valence-corrected chi connectivity index (χ2v) is 2.61. The van der Waals surface area contributed by atoms with E-state index in [-0.39, 0.29) is 11.5 Å². The van der Waals surface area contributed by atoms with E-state index in [0.717, 1.165) is 0 Å². The molecule has 1 aromatic heterocycles. The predicted octanol–water partition coefficient (Wildman–Crippen LogP) is 1.49. The van der Waals surface area contributed by atoms with E-state index >= 15 is 0 Å². The van der Waals surface area contributed by atoms with Crippen molar-refractivity contribution in [1.82, 2.24) is 9.97 Å². The quantitative estimate of drug-likeness (QED) is 0.616. The topological polar surface area (TPSA) is 69.1 Å². The van der Waals surface area contributed by atoms with Crippen LogP contribution < -0.4 is 0 Å². The summed E-state index contributed by atoms with van der Waals surface area (Å²) in [5.41, 5.74) is 0.326. The molecular weight excluding hydrogens is 168 g/mol. The van der Waals surface area contributed by atoms with Crippen molar-refractivity contribution in [2.45, 2.75) is 0 Å². The van der Waals surface area contributed by atoms with Crippen LogP contribution in [0.4, 0.5) is 0 Å². The molecule has 13 heavy (non-hydrogen) atoms. The summed E-state index contributed by atoms with van der Waals surface area (Å²) in [6, 6.07) is 4.56. The summed E-state index contributed by atoms with van der Waals surface area (Å²) in [6.45, 7) is 0. The van der Waals surface area contributed by atoms with E-state index in [1.165, 1.54) is 12.1 Å². The molecule has 4 nitrogen and oxygen atoms in total. The van der Waals surface area contributed by atoms with E-state index in [1.807, 2.05) is 0 Å². The number of hydrogen-bond acceptors (Lipinski definition) is 3. The highest BCUT2D eigenvalue weighted by atomic mass is 16.3. The standard InChI is InChI=1S/C9H8N2O2/c12-6-2-1-3-7(13)8(6)9-10-4-5-11-9/h1-5,12-13H,(H,10,11). The van der Waals surface area contributed by atoms with Gasteiger partial charge in [0, 0.05) is 12.4 Å². The average Bonchev–Trinajstić information content (AvgIpc) is 2.57. The largest absolute Gasteiger partial charge is 0.507 e. The van der Waals surface area contributed by atoms with E-state index in [4.69, 9.17) is 0 Å². The predicted molar refractivity (Wildman–Crippen MR) is 47.4 cm³/mol. The average molecular weight is 176 g/mol. The number of nitrogens with one attached hydrogen (secondary N) is 1. The fraction of sp³-hybridized carbons (Fsp3) is 0. The Morgan fingerprint density at radius 3 is 2.38 bits per heavy atom. The molecule has 0 aliphatic carbocycles. The summed E-state index contributed by atoms with van der Waals surface area (Å²) in [7, 11) is 0. The van der Waals surface area contributed by atoms with Crippen molar-refractivity contribution >= 4 is 0 Å². The van der Waals surface area contributed by atoms with Gasteiger partial charge in [0.2, 0.25) is 0 Å². The van der Waals surface area contributed by atoms with Crippen molar-refractivity contribution in [3.05, 3.63) is 30.6 Å². The van der Waals surface area contributed by atoms with Crippen LogP contribution in [-0.2, 0) is 0 Å². The minimum Gasteiger partial charge on any atom is -0.507 e. The molecule has 0 saturated heterocycles. The van der Waals surface area contributed by atoms with Gasteiger partial charge in [-0.05, 0) is 12.1 Å². The van der Waals surface area contributed by atoms with Crippen LogP contribution in [0.25, 0.3) is 11.4 Å². The summed E-state index contributed by atoms with van der Waals surface area (Å²) >= 11 is 0. The molecule has 0 aliphatic rings. The first-order valence-corrected chi connectivity index (χ1v) is 3.80. The van der Waals surface area contributed by atoms with Crippen LogP contribution >= 0.6 is 0 Å². The number of rotatable bonds is 1. The van der Waals surface area contributed by atoms with E-state index < -0.39 is 0 Å². The lowest BCUT2D eigenvalue weighted by Crippen LogP contribution is -1.82. The zero-order valence-electron chi connectivity index (χ0n) is 6.73. The molecule has 0 fully saturated rings. The van der Waals surface area contributed by atoms with Gasteiger partial charge < -0.3 is 15.2 Å². The summed E-state index contributed by atoms with van der Waals surface area (Å²) in [6.07, 6.45) is 3.18. The lowest BCUT2D eigenvalue weighted by Gasteiger charge is -2.02. The minimum atomic E-state index is 0.00921. The first-order chi connectivity index (χ1) is 6.29. The van der Waals surface area contributed by atoms with Gasteiger partial charge in [-0.1, -0.05) is 6.07 Å². The Hall–Kier alpha value is -1.97. The Bertz CT molecular complexity index is 389. The van der Waals surface area contributed by atoms with Crippen molar-refractivity contribution in [2.75, 3.05) is 0 Å². The molecule has 0 aliphatic heterocycles. The van der Waals surface area contributed by atoms with Gasteiger partial charge in [0.25, 0.3) is 0 Å². The Balaban J connectivity index is 2.64. The number of imidazole rings is 1. The number of phenols is 2. The summed E-state index contributed by atoms with van der Waals surface area (Å²) in [5.74, 6) is 0.473. The highest BCUT2D eigenvalue weighted by Crippen LogP contribution is 2.34. The molecule has 0 unspecified atom stereocenters. The first-order valence-electron chi connectivity index (χ1n) is 3.80. The zero-order chi connectivity index (χ0) is 9.26. The van der Waals surface area contributed by atoms with Crippen molar-refractivity contribution in [1.29, 1.82) is 0 Å². The Morgan fingerprint density at radius 1 is 1.15 bits per heavy atom. The van der Waals surface area contributed by atoms with Gasteiger partial charge in [0.15, 0.2) is 0 Å². The van der Waals surface area contributed by atoms with Crippen LogP contribution in [0.2, 0.25) is 0 Å². The number of phenolic OH excluding ortho intramolecular Hbond substituents is 2. The summed E-state index contributed by atoms with van der Waals surface area (Å²) < 4.78 is 0. The molecular formula is C9H8N2O2. The molecule has 2 rings (SSSR count). The molecule has 2 aromatic rings. The van der Waals surface area contributed by atoms with Gasteiger partial charge in [0.1, 0.15) is 22.9 Å². The number of aromatic hydroxyl groups is 2. The number of aromatic nitrogens is 2. The highest BCUT2D eigenvalue weighted by Gasteiger charge is 2.10. The van der Waals surface area contributed by atoms with Crippen molar-refractivity contribution < 1.29 is 10.2 Å².